The third-order valence-corrected chi connectivity index (χ3v) is 3.74. The third-order valence-electron chi connectivity index (χ3n) is 3.74. The number of fused-ring (bicyclic) bond motifs is 1. The van der Waals surface area contributed by atoms with E-state index in [4.69, 9.17) is 4.74 Å². The van der Waals surface area contributed by atoms with Crippen LogP contribution in [0.4, 0.5) is 0 Å². The van der Waals surface area contributed by atoms with E-state index in [1.165, 1.54) is 0 Å². The number of ether oxygens (including phenoxy) is 1. The van der Waals surface area contributed by atoms with Crippen LogP contribution in [0.3, 0.4) is 0 Å². The smallest absolute Gasteiger partial charge is 0.309 e. The summed E-state index contributed by atoms with van der Waals surface area (Å²) in [5, 5.41) is 20.3. The molecule has 14 heavy (non-hydrogen) atoms. The zero-order chi connectivity index (χ0) is 9.97. The van der Waals surface area contributed by atoms with Crippen LogP contribution in [-0.2, 0) is 9.53 Å². The lowest BCUT2D eigenvalue weighted by Crippen LogP contribution is -2.54. The molecule has 2 N–H and O–H groups in total. The molecule has 2 heterocycles. The number of esters is 1. The molecule has 4 nitrogen and oxygen atoms in total. The molecule has 2 aliphatic carbocycles. The Morgan fingerprint density at radius 1 is 1.14 bits per heavy atom. The van der Waals surface area contributed by atoms with Gasteiger partial charge in [0.1, 0.15) is 6.10 Å². The molecule has 0 aromatic heterocycles. The van der Waals surface area contributed by atoms with Gasteiger partial charge in [-0.1, -0.05) is 0 Å². The van der Waals surface area contributed by atoms with Crippen LogP contribution >= 0.6 is 0 Å². The van der Waals surface area contributed by atoms with Crippen LogP contribution in [0.25, 0.3) is 0 Å². The van der Waals surface area contributed by atoms with Crippen LogP contribution < -0.4 is 0 Å². The Hall–Kier alpha value is -0.610. The van der Waals surface area contributed by atoms with Gasteiger partial charge in [-0.25, -0.2) is 0 Å². The molecule has 0 spiro atoms. The molecule has 0 amide bonds. The monoisotopic (exact) mass is 198 g/mol. The van der Waals surface area contributed by atoms with Crippen molar-refractivity contribution in [2.75, 3.05) is 0 Å². The molecule has 2 saturated heterocycles. The molecule has 4 rings (SSSR count). The van der Waals surface area contributed by atoms with Gasteiger partial charge in [-0.2, -0.15) is 0 Å². The van der Waals surface area contributed by atoms with Gasteiger partial charge >= 0.3 is 5.97 Å². The first kappa shape index (κ1) is 8.68. The van der Waals surface area contributed by atoms with Gasteiger partial charge < -0.3 is 14.9 Å². The average Bonchev–Trinajstić information content (AvgIpc) is 2.09. The van der Waals surface area contributed by atoms with Crippen LogP contribution in [0.15, 0.2) is 0 Å². The minimum atomic E-state index is -0.868. The van der Waals surface area contributed by atoms with E-state index in [1.54, 1.807) is 0 Å². The predicted molar refractivity (Wildman–Crippen MR) is 46.4 cm³/mol. The summed E-state index contributed by atoms with van der Waals surface area (Å²) in [5.74, 6) is -0.534. The van der Waals surface area contributed by atoms with Gasteiger partial charge in [0.25, 0.3) is 0 Å². The molecule has 2 unspecified atom stereocenters. The van der Waals surface area contributed by atoms with Gasteiger partial charge in [-0.3, -0.25) is 4.79 Å². The van der Waals surface area contributed by atoms with Crippen molar-refractivity contribution in [1.82, 2.24) is 0 Å². The van der Waals surface area contributed by atoms with Crippen molar-refractivity contribution in [3.05, 3.63) is 0 Å². The molecule has 78 valence electrons. The number of carbonyl (C=O) groups is 1. The molecule has 2 saturated carbocycles. The van der Waals surface area contributed by atoms with Crippen LogP contribution in [0.1, 0.15) is 32.1 Å². The number of hydrogen-bond donors (Lipinski definition) is 2. The van der Waals surface area contributed by atoms with Crippen molar-refractivity contribution in [2.24, 2.45) is 5.92 Å². The fourth-order valence-corrected chi connectivity index (χ4v) is 3.49. The Bertz CT molecular complexity index is 282. The summed E-state index contributed by atoms with van der Waals surface area (Å²) >= 11 is 0. The van der Waals surface area contributed by atoms with E-state index in [-0.39, 0.29) is 18.0 Å². The Morgan fingerprint density at radius 3 is 2.29 bits per heavy atom. The standard InChI is InChI=1S/C10H14O4/c11-8-6-1-9(12)3-7(14-8)4-10(13,2-6)5-9/h6-7,12-13H,1-5H2. The summed E-state index contributed by atoms with van der Waals surface area (Å²) in [6.45, 7) is 0. The molecule has 4 heteroatoms. The second-order valence-corrected chi connectivity index (χ2v) is 5.20. The SMILES string of the molecule is O=C1OC2CC3(O)CC1CC(O)(C2)C3. The molecule has 4 bridgehead atoms. The topological polar surface area (TPSA) is 66.8 Å². The molecule has 2 aliphatic heterocycles. The Balaban J connectivity index is 2.05. The van der Waals surface area contributed by atoms with Gasteiger partial charge in [-0.15, -0.1) is 0 Å². The zero-order valence-electron chi connectivity index (χ0n) is 7.90. The molecule has 0 radical (unpaired) electrons. The van der Waals surface area contributed by atoms with E-state index in [0.717, 1.165) is 0 Å². The van der Waals surface area contributed by atoms with Gasteiger partial charge in [-0.05, 0) is 12.8 Å². The first-order chi connectivity index (χ1) is 6.48. The highest BCUT2D eigenvalue weighted by molar-refractivity contribution is 5.74. The summed E-state index contributed by atoms with van der Waals surface area (Å²) in [5.41, 5.74) is -1.74. The molecular formula is C10H14O4. The summed E-state index contributed by atoms with van der Waals surface area (Å²) in [4.78, 5) is 11.5. The first-order valence-electron chi connectivity index (χ1n) is 5.13. The predicted octanol–water partition coefficient (Wildman–Crippen LogP) is -0.0321. The maximum atomic E-state index is 11.5. The van der Waals surface area contributed by atoms with E-state index >= 15 is 0 Å². The Labute approximate surface area is 81.9 Å². The van der Waals surface area contributed by atoms with E-state index in [2.05, 4.69) is 0 Å². The average molecular weight is 198 g/mol. The summed E-state index contributed by atoms with van der Waals surface area (Å²) in [7, 11) is 0. The summed E-state index contributed by atoms with van der Waals surface area (Å²) < 4.78 is 5.21. The zero-order valence-corrected chi connectivity index (χ0v) is 7.90. The van der Waals surface area contributed by atoms with E-state index < -0.39 is 11.2 Å². The molecule has 0 aromatic rings. The Kier molecular flexibility index (Phi) is 1.43. The maximum absolute atomic E-state index is 11.5. The second-order valence-electron chi connectivity index (χ2n) is 5.20. The van der Waals surface area contributed by atoms with E-state index in [1.807, 2.05) is 0 Å². The first-order valence-corrected chi connectivity index (χ1v) is 5.13. The second kappa shape index (κ2) is 2.31. The number of carbonyl (C=O) groups excluding carboxylic acids is 1. The fraction of sp³-hybridized carbons (Fsp3) is 0.900. The van der Waals surface area contributed by atoms with E-state index in [0.29, 0.717) is 32.1 Å². The van der Waals surface area contributed by atoms with Crippen molar-refractivity contribution >= 4 is 5.97 Å². The van der Waals surface area contributed by atoms with Crippen molar-refractivity contribution in [1.29, 1.82) is 0 Å². The van der Waals surface area contributed by atoms with Crippen LogP contribution in [0, 0.1) is 5.92 Å². The molecule has 2 atom stereocenters. The van der Waals surface area contributed by atoms with Crippen molar-refractivity contribution in [3.8, 4) is 0 Å². The highest BCUT2D eigenvalue weighted by Gasteiger charge is 2.57. The van der Waals surface area contributed by atoms with Crippen molar-refractivity contribution in [3.63, 3.8) is 0 Å². The van der Waals surface area contributed by atoms with Gasteiger partial charge in [0.2, 0.25) is 0 Å². The summed E-state index contributed by atoms with van der Waals surface area (Å²) in [6.07, 6.45) is 2.05. The minimum absolute atomic E-state index is 0.235. The fourth-order valence-electron chi connectivity index (χ4n) is 3.49. The van der Waals surface area contributed by atoms with Gasteiger partial charge in [0, 0.05) is 19.3 Å². The minimum Gasteiger partial charge on any atom is -0.462 e. The van der Waals surface area contributed by atoms with Crippen LogP contribution in [0.2, 0.25) is 0 Å². The lowest BCUT2D eigenvalue weighted by atomic mass is 9.63. The van der Waals surface area contributed by atoms with Crippen LogP contribution in [-0.4, -0.2) is 33.5 Å². The number of rotatable bonds is 0. The maximum Gasteiger partial charge on any atom is 0.309 e. The van der Waals surface area contributed by atoms with Crippen molar-refractivity contribution < 1.29 is 19.7 Å². The van der Waals surface area contributed by atoms with Crippen molar-refractivity contribution in [2.45, 2.75) is 49.4 Å². The van der Waals surface area contributed by atoms with Gasteiger partial charge in [0.15, 0.2) is 0 Å². The van der Waals surface area contributed by atoms with Crippen LogP contribution in [0.5, 0.6) is 0 Å². The number of aliphatic hydroxyl groups is 2. The molecular weight excluding hydrogens is 184 g/mol. The van der Waals surface area contributed by atoms with Gasteiger partial charge in [0.05, 0.1) is 17.1 Å². The lowest BCUT2D eigenvalue weighted by Gasteiger charge is -2.47. The normalized spacial score (nSPS) is 55.7. The lowest BCUT2D eigenvalue weighted by molar-refractivity contribution is -0.157. The largest absolute Gasteiger partial charge is 0.462 e. The molecule has 4 aliphatic rings. The highest BCUT2D eigenvalue weighted by atomic mass is 16.5. The quantitative estimate of drug-likeness (QED) is 0.536. The molecule has 4 fully saturated rings. The third kappa shape index (κ3) is 1.10. The molecule has 0 aromatic carbocycles. The Morgan fingerprint density at radius 2 is 1.71 bits per heavy atom. The van der Waals surface area contributed by atoms with E-state index in [9.17, 15) is 15.0 Å². The highest BCUT2D eigenvalue weighted by Crippen LogP contribution is 2.51. The number of hydrogen-bond acceptors (Lipinski definition) is 4. The summed E-state index contributed by atoms with van der Waals surface area (Å²) in [6, 6.07) is 0.